The Bertz CT molecular complexity index is 101. The van der Waals surface area contributed by atoms with Gasteiger partial charge in [-0.25, -0.2) is 0 Å². The fourth-order valence-corrected chi connectivity index (χ4v) is 1.82. The van der Waals surface area contributed by atoms with Crippen LogP contribution in [0, 0.1) is 17.8 Å². The summed E-state index contributed by atoms with van der Waals surface area (Å²) in [6, 6.07) is 0. The SMILES string of the molecule is CC1CC[C@@H](CO)C[C@@H]1C. The minimum Gasteiger partial charge on any atom is -0.396 e. The summed E-state index contributed by atoms with van der Waals surface area (Å²) in [5.41, 5.74) is 0. The Labute approximate surface area is 63.4 Å². The molecule has 0 amide bonds. The van der Waals surface area contributed by atoms with Gasteiger partial charge in [0.2, 0.25) is 0 Å². The van der Waals surface area contributed by atoms with Crippen LogP contribution in [0.4, 0.5) is 0 Å². The monoisotopic (exact) mass is 142 g/mol. The van der Waals surface area contributed by atoms with Gasteiger partial charge in [0.15, 0.2) is 0 Å². The third-order valence-electron chi connectivity index (χ3n) is 2.96. The highest BCUT2D eigenvalue weighted by Crippen LogP contribution is 2.32. The van der Waals surface area contributed by atoms with E-state index in [1.165, 1.54) is 19.3 Å². The van der Waals surface area contributed by atoms with Gasteiger partial charge in [-0.05, 0) is 30.6 Å². The molecule has 1 nitrogen and oxygen atoms in total. The first-order valence-electron chi connectivity index (χ1n) is 4.35. The fourth-order valence-electron chi connectivity index (χ4n) is 1.82. The second-order valence-electron chi connectivity index (χ2n) is 3.82. The Balaban J connectivity index is 2.33. The van der Waals surface area contributed by atoms with Crippen molar-refractivity contribution in [1.82, 2.24) is 0 Å². The van der Waals surface area contributed by atoms with Gasteiger partial charge in [-0.1, -0.05) is 20.3 Å². The second-order valence-corrected chi connectivity index (χ2v) is 3.82. The Morgan fingerprint density at radius 3 is 2.40 bits per heavy atom. The molecular weight excluding hydrogens is 124 g/mol. The highest BCUT2D eigenvalue weighted by atomic mass is 16.3. The lowest BCUT2D eigenvalue weighted by Gasteiger charge is -2.30. The first-order chi connectivity index (χ1) is 4.74. The summed E-state index contributed by atoms with van der Waals surface area (Å²) in [5, 5.41) is 8.90. The lowest BCUT2D eigenvalue weighted by Crippen LogP contribution is -2.22. The minimum atomic E-state index is 0.400. The number of hydrogen-bond donors (Lipinski definition) is 1. The molecule has 60 valence electrons. The molecule has 1 heteroatoms. The summed E-state index contributed by atoms with van der Waals surface area (Å²) in [7, 11) is 0. The van der Waals surface area contributed by atoms with Crippen molar-refractivity contribution in [2.75, 3.05) is 6.61 Å². The molecule has 0 aromatic carbocycles. The molecule has 0 spiro atoms. The van der Waals surface area contributed by atoms with Crippen molar-refractivity contribution in [3.05, 3.63) is 0 Å². The molecule has 0 saturated heterocycles. The molecule has 1 rings (SSSR count). The zero-order valence-corrected chi connectivity index (χ0v) is 7.01. The van der Waals surface area contributed by atoms with Gasteiger partial charge in [-0.15, -0.1) is 0 Å². The van der Waals surface area contributed by atoms with E-state index in [2.05, 4.69) is 13.8 Å². The van der Waals surface area contributed by atoms with E-state index in [4.69, 9.17) is 5.11 Å². The van der Waals surface area contributed by atoms with Crippen LogP contribution in [-0.4, -0.2) is 11.7 Å². The molecule has 10 heavy (non-hydrogen) atoms. The van der Waals surface area contributed by atoms with Gasteiger partial charge < -0.3 is 5.11 Å². The van der Waals surface area contributed by atoms with Crippen molar-refractivity contribution in [3.63, 3.8) is 0 Å². The molecular formula is C9H18O. The maximum Gasteiger partial charge on any atom is 0.0459 e. The average Bonchev–Trinajstić information content (AvgIpc) is 1.95. The van der Waals surface area contributed by atoms with Crippen molar-refractivity contribution >= 4 is 0 Å². The van der Waals surface area contributed by atoms with E-state index >= 15 is 0 Å². The Kier molecular flexibility index (Phi) is 2.72. The van der Waals surface area contributed by atoms with E-state index in [-0.39, 0.29) is 0 Å². The van der Waals surface area contributed by atoms with E-state index in [0.717, 1.165) is 11.8 Å². The molecule has 0 heterocycles. The number of aliphatic hydroxyl groups is 1. The molecule has 1 N–H and O–H groups in total. The number of aliphatic hydroxyl groups excluding tert-OH is 1. The van der Waals surface area contributed by atoms with E-state index in [1.54, 1.807) is 0 Å². The topological polar surface area (TPSA) is 20.2 Å². The van der Waals surface area contributed by atoms with Crippen molar-refractivity contribution in [3.8, 4) is 0 Å². The van der Waals surface area contributed by atoms with Crippen LogP contribution < -0.4 is 0 Å². The van der Waals surface area contributed by atoms with Crippen molar-refractivity contribution in [2.24, 2.45) is 17.8 Å². The lowest BCUT2D eigenvalue weighted by atomic mass is 9.76. The zero-order chi connectivity index (χ0) is 7.56. The summed E-state index contributed by atoms with van der Waals surface area (Å²) < 4.78 is 0. The van der Waals surface area contributed by atoms with Crippen molar-refractivity contribution in [1.29, 1.82) is 0 Å². The second kappa shape index (κ2) is 3.38. The van der Waals surface area contributed by atoms with Gasteiger partial charge in [-0.3, -0.25) is 0 Å². The van der Waals surface area contributed by atoms with Gasteiger partial charge in [-0.2, -0.15) is 0 Å². The molecule has 0 bridgehead atoms. The first-order valence-corrected chi connectivity index (χ1v) is 4.35. The van der Waals surface area contributed by atoms with Crippen LogP contribution in [0.3, 0.4) is 0 Å². The standard InChI is InChI=1S/C9H18O/c1-7-3-4-9(6-10)5-8(7)2/h7-10H,3-6H2,1-2H3/t7?,8-,9+/m0/s1. The van der Waals surface area contributed by atoms with Crippen LogP contribution in [0.25, 0.3) is 0 Å². The Morgan fingerprint density at radius 2 is 1.90 bits per heavy atom. The molecule has 1 unspecified atom stereocenters. The van der Waals surface area contributed by atoms with Crippen LogP contribution >= 0.6 is 0 Å². The van der Waals surface area contributed by atoms with Gasteiger partial charge in [0, 0.05) is 6.61 Å². The molecule has 1 aliphatic rings. The molecule has 0 aromatic rings. The molecule has 0 radical (unpaired) electrons. The van der Waals surface area contributed by atoms with Crippen LogP contribution in [0.1, 0.15) is 33.1 Å². The highest BCUT2D eigenvalue weighted by molar-refractivity contribution is 4.74. The first kappa shape index (κ1) is 8.06. The average molecular weight is 142 g/mol. The quantitative estimate of drug-likeness (QED) is 0.594. The molecule has 0 aromatic heterocycles. The number of rotatable bonds is 1. The number of hydrogen-bond acceptors (Lipinski definition) is 1. The maximum absolute atomic E-state index is 8.90. The normalized spacial score (nSPS) is 41.7. The lowest BCUT2D eigenvalue weighted by molar-refractivity contribution is 0.136. The van der Waals surface area contributed by atoms with Crippen LogP contribution in [0.15, 0.2) is 0 Å². The van der Waals surface area contributed by atoms with Crippen molar-refractivity contribution < 1.29 is 5.11 Å². The molecule has 0 aliphatic heterocycles. The summed E-state index contributed by atoms with van der Waals surface area (Å²) in [5.74, 6) is 2.31. The Hall–Kier alpha value is -0.0400. The van der Waals surface area contributed by atoms with Gasteiger partial charge in [0.05, 0.1) is 0 Å². The summed E-state index contributed by atoms with van der Waals surface area (Å²) in [6.07, 6.45) is 3.78. The minimum absolute atomic E-state index is 0.400. The van der Waals surface area contributed by atoms with Gasteiger partial charge in [0.1, 0.15) is 0 Å². The smallest absolute Gasteiger partial charge is 0.0459 e. The predicted octanol–water partition coefficient (Wildman–Crippen LogP) is 2.05. The summed E-state index contributed by atoms with van der Waals surface area (Å²) in [6.45, 7) is 5.02. The zero-order valence-electron chi connectivity index (χ0n) is 7.01. The van der Waals surface area contributed by atoms with E-state index < -0.39 is 0 Å². The summed E-state index contributed by atoms with van der Waals surface area (Å²) in [4.78, 5) is 0. The van der Waals surface area contributed by atoms with E-state index in [9.17, 15) is 0 Å². The largest absolute Gasteiger partial charge is 0.396 e. The van der Waals surface area contributed by atoms with Crippen LogP contribution in [0.5, 0.6) is 0 Å². The van der Waals surface area contributed by atoms with Crippen LogP contribution in [-0.2, 0) is 0 Å². The van der Waals surface area contributed by atoms with Crippen LogP contribution in [0.2, 0.25) is 0 Å². The van der Waals surface area contributed by atoms with Gasteiger partial charge >= 0.3 is 0 Å². The maximum atomic E-state index is 8.90. The molecule has 3 atom stereocenters. The third-order valence-corrected chi connectivity index (χ3v) is 2.96. The fraction of sp³-hybridized carbons (Fsp3) is 1.00. The third kappa shape index (κ3) is 1.72. The predicted molar refractivity (Wildman–Crippen MR) is 42.8 cm³/mol. The highest BCUT2D eigenvalue weighted by Gasteiger charge is 2.23. The summed E-state index contributed by atoms with van der Waals surface area (Å²) >= 11 is 0. The van der Waals surface area contributed by atoms with Gasteiger partial charge in [0.25, 0.3) is 0 Å². The van der Waals surface area contributed by atoms with E-state index in [0.29, 0.717) is 12.5 Å². The molecule has 1 aliphatic carbocycles. The molecule has 1 saturated carbocycles. The Morgan fingerprint density at radius 1 is 1.20 bits per heavy atom. The van der Waals surface area contributed by atoms with E-state index in [1.807, 2.05) is 0 Å². The van der Waals surface area contributed by atoms with Crippen molar-refractivity contribution in [2.45, 2.75) is 33.1 Å². The molecule has 1 fully saturated rings.